The molecule has 4 nitrogen and oxygen atoms in total. The van der Waals surface area contributed by atoms with Crippen molar-refractivity contribution in [2.24, 2.45) is 5.92 Å². The van der Waals surface area contributed by atoms with E-state index >= 15 is 0 Å². The lowest BCUT2D eigenvalue weighted by atomic mass is 10.2. The number of hydrogen-bond acceptors (Lipinski definition) is 3. The molecule has 0 fully saturated rings. The number of carbonyl (C=O) groups is 1. The molecule has 0 atom stereocenters. The Bertz CT molecular complexity index is 635. The first-order chi connectivity index (χ1) is 11.1. The van der Waals surface area contributed by atoms with E-state index in [1.165, 1.54) is 0 Å². The number of ether oxygens (including phenoxy) is 2. The Balaban J connectivity index is 2.03. The lowest BCUT2D eigenvalue weighted by molar-refractivity contribution is 0.102. The highest BCUT2D eigenvalue weighted by molar-refractivity contribution is 6.05. The summed E-state index contributed by atoms with van der Waals surface area (Å²) in [6, 6.07) is 14.5. The van der Waals surface area contributed by atoms with Crippen LogP contribution in [0.3, 0.4) is 0 Å². The van der Waals surface area contributed by atoms with E-state index in [1.807, 2.05) is 43.3 Å². The Morgan fingerprint density at radius 2 is 1.74 bits per heavy atom. The smallest absolute Gasteiger partial charge is 0.255 e. The van der Waals surface area contributed by atoms with Crippen molar-refractivity contribution in [2.45, 2.75) is 20.8 Å². The molecule has 4 heteroatoms. The van der Waals surface area contributed by atoms with Crippen LogP contribution < -0.4 is 14.8 Å². The number of nitrogens with one attached hydrogen (secondary N) is 1. The molecule has 0 heterocycles. The van der Waals surface area contributed by atoms with Crippen molar-refractivity contribution in [3.63, 3.8) is 0 Å². The maximum Gasteiger partial charge on any atom is 0.255 e. The summed E-state index contributed by atoms with van der Waals surface area (Å²) < 4.78 is 11.1. The van der Waals surface area contributed by atoms with E-state index in [1.54, 1.807) is 12.1 Å². The Kier molecular flexibility index (Phi) is 6.03. The molecule has 0 radical (unpaired) electrons. The van der Waals surface area contributed by atoms with Gasteiger partial charge in [0.1, 0.15) is 11.5 Å². The largest absolute Gasteiger partial charge is 0.493 e. The van der Waals surface area contributed by atoms with Gasteiger partial charge in [0, 0.05) is 5.56 Å². The second-order valence-corrected chi connectivity index (χ2v) is 5.61. The van der Waals surface area contributed by atoms with Gasteiger partial charge in [-0.25, -0.2) is 0 Å². The first kappa shape index (κ1) is 16.9. The first-order valence-electron chi connectivity index (χ1n) is 7.86. The van der Waals surface area contributed by atoms with Gasteiger partial charge in [-0.1, -0.05) is 26.0 Å². The summed E-state index contributed by atoms with van der Waals surface area (Å²) >= 11 is 0. The summed E-state index contributed by atoms with van der Waals surface area (Å²) in [5.41, 5.74) is 1.24. The molecular formula is C19H23NO3. The van der Waals surface area contributed by atoms with Crippen molar-refractivity contribution in [3.05, 3.63) is 54.1 Å². The second kappa shape index (κ2) is 8.22. The van der Waals surface area contributed by atoms with Crippen LogP contribution in [0.1, 0.15) is 31.1 Å². The lowest BCUT2D eigenvalue weighted by Crippen LogP contribution is -2.13. The predicted molar refractivity (Wildman–Crippen MR) is 92.3 cm³/mol. The number of benzene rings is 2. The highest BCUT2D eigenvalue weighted by Gasteiger charge is 2.10. The van der Waals surface area contributed by atoms with Gasteiger partial charge in [0.2, 0.25) is 0 Å². The van der Waals surface area contributed by atoms with E-state index in [0.29, 0.717) is 36.1 Å². The van der Waals surface area contributed by atoms with E-state index in [2.05, 4.69) is 19.2 Å². The molecule has 23 heavy (non-hydrogen) atoms. The Morgan fingerprint density at radius 1 is 1.04 bits per heavy atom. The molecule has 2 aromatic rings. The van der Waals surface area contributed by atoms with Crippen LogP contribution in [0.25, 0.3) is 0 Å². The summed E-state index contributed by atoms with van der Waals surface area (Å²) in [6.07, 6.45) is 0. The van der Waals surface area contributed by atoms with Crippen molar-refractivity contribution in [1.29, 1.82) is 0 Å². The van der Waals surface area contributed by atoms with Crippen LogP contribution in [0.5, 0.6) is 11.5 Å². The molecule has 0 aliphatic carbocycles. The predicted octanol–water partition coefficient (Wildman–Crippen LogP) is 4.37. The normalized spacial score (nSPS) is 10.4. The zero-order valence-electron chi connectivity index (χ0n) is 13.8. The number of anilines is 1. The minimum absolute atomic E-state index is 0.174. The maximum atomic E-state index is 12.3. The molecule has 122 valence electrons. The lowest BCUT2D eigenvalue weighted by Gasteiger charge is -2.12. The van der Waals surface area contributed by atoms with Crippen LogP contribution in [0, 0.1) is 5.92 Å². The Labute approximate surface area is 137 Å². The van der Waals surface area contributed by atoms with Gasteiger partial charge in [-0.15, -0.1) is 0 Å². The van der Waals surface area contributed by atoms with E-state index in [0.717, 1.165) is 5.75 Å². The van der Waals surface area contributed by atoms with Gasteiger partial charge in [0.05, 0.1) is 18.9 Å². The average molecular weight is 313 g/mol. The van der Waals surface area contributed by atoms with Gasteiger partial charge in [0.15, 0.2) is 0 Å². The van der Waals surface area contributed by atoms with E-state index in [4.69, 9.17) is 9.47 Å². The van der Waals surface area contributed by atoms with Crippen molar-refractivity contribution < 1.29 is 14.3 Å². The number of para-hydroxylation sites is 2. The summed E-state index contributed by atoms with van der Waals surface area (Å²) in [5, 5.41) is 2.88. The third-order valence-corrected chi connectivity index (χ3v) is 3.13. The number of carbonyl (C=O) groups excluding carboxylic acids is 1. The fourth-order valence-electron chi connectivity index (χ4n) is 2.01. The van der Waals surface area contributed by atoms with Gasteiger partial charge in [-0.3, -0.25) is 4.79 Å². The average Bonchev–Trinajstić information content (AvgIpc) is 2.55. The minimum Gasteiger partial charge on any atom is -0.493 e. The van der Waals surface area contributed by atoms with Crippen LogP contribution in [-0.4, -0.2) is 19.1 Å². The highest BCUT2D eigenvalue weighted by atomic mass is 16.5. The standard InChI is InChI=1S/C19H23NO3/c1-4-22-18-8-6-5-7-17(18)20-19(21)15-9-11-16(12-10-15)23-13-14(2)3/h5-12,14H,4,13H2,1-3H3,(H,20,21). The molecule has 0 aliphatic rings. The molecule has 0 spiro atoms. The van der Waals surface area contributed by atoms with Gasteiger partial charge >= 0.3 is 0 Å². The van der Waals surface area contributed by atoms with Crippen LogP contribution in [0.2, 0.25) is 0 Å². The summed E-state index contributed by atoms with van der Waals surface area (Å²) in [7, 11) is 0. The van der Waals surface area contributed by atoms with Gasteiger partial charge in [-0.05, 0) is 49.2 Å². The van der Waals surface area contributed by atoms with Crippen molar-refractivity contribution in [1.82, 2.24) is 0 Å². The van der Waals surface area contributed by atoms with Crippen LogP contribution in [0.4, 0.5) is 5.69 Å². The van der Waals surface area contributed by atoms with E-state index in [9.17, 15) is 4.79 Å². The molecule has 1 amide bonds. The number of rotatable bonds is 7. The van der Waals surface area contributed by atoms with Crippen LogP contribution in [0.15, 0.2) is 48.5 Å². The third kappa shape index (κ3) is 5.02. The zero-order chi connectivity index (χ0) is 16.7. The first-order valence-corrected chi connectivity index (χ1v) is 7.86. The monoisotopic (exact) mass is 313 g/mol. The molecule has 1 N–H and O–H groups in total. The van der Waals surface area contributed by atoms with Crippen LogP contribution >= 0.6 is 0 Å². The van der Waals surface area contributed by atoms with E-state index in [-0.39, 0.29) is 5.91 Å². The van der Waals surface area contributed by atoms with E-state index < -0.39 is 0 Å². The van der Waals surface area contributed by atoms with Crippen molar-refractivity contribution in [2.75, 3.05) is 18.5 Å². The molecule has 2 rings (SSSR count). The number of hydrogen-bond donors (Lipinski definition) is 1. The summed E-state index contributed by atoms with van der Waals surface area (Å²) in [5.74, 6) is 1.73. The zero-order valence-corrected chi connectivity index (χ0v) is 13.8. The number of amides is 1. The summed E-state index contributed by atoms with van der Waals surface area (Å²) in [6.45, 7) is 7.31. The van der Waals surface area contributed by atoms with Crippen molar-refractivity contribution in [3.8, 4) is 11.5 Å². The molecule has 0 unspecified atom stereocenters. The van der Waals surface area contributed by atoms with Gasteiger partial charge in [0.25, 0.3) is 5.91 Å². The fourth-order valence-corrected chi connectivity index (χ4v) is 2.01. The molecule has 0 saturated carbocycles. The Morgan fingerprint density at radius 3 is 2.39 bits per heavy atom. The summed E-state index contributed by atoms with van der Waals surface area (Å²) in [4.78, 5) is 12.3. The third-order valence-electron chi connectivity index (χ3n) is 3.13. The van der Waals surface area contributed by atoms with Crippen LogP contribution in [-0.2, 0) is 0 Å². The molecule has 0 saturated heterocycles. The molecule has 0 aliphatic heterocycles. The molecular weight excluding hydrogens is 290 g/mol. The van der Waals surface area contributed by atoms with Gasteiger partial charge < -0.3 is 14.8 Å². The van der Waals surface area contributed by atoms with Crippen molar-refractivity contribution >= 4 is 11.6 Å². The second-order valence-electron chi connectivity index (χ2n) is 5.61. The topological polar surface area (TPSA) is 47.6 Å². The minimum atomic E-state index is -0.174. The molecule has 0 aromatic heterocycles. The molecule has 0 bridgehead atoms. The SMILES string of the molecule is CCOc1ccccc1NC(=O)c1ccc(OCC(C)C)cc1. The maximum absolute atomic E-state index is 12.3. The van der Waals surface area contributed by atoms with Gasteiger partial charge in [-0.2, -0.15) is 0 Å². The molecule has 2 aromatic carbocycles. The highest BCUT2D eigenvalue weighted by Crippen LogP contribution is 2.24. The quantitative estimate of drug-likeness (QED) is 0.825. The fraction of sp³-hybridized carbons (Fsp3) is 0.316. The Hall–Kier alpha value is -2.49.